The molecule has 0 aliphatic heterocycles. The molecule has 3 aromatic rings. The number of ether oxygens (including phenoxy) is 1. The van der Waals surface area contributed by atoms with Gasteiger partial charge in [-0.2, -0.15) is 9.61 Å². The summed E-state index contributed by atoms with van der Waals surface area (Å²) >= 11 is 12.7. The fourth-order valence-electron chi connectivity index (χ4n) is 2.87. The largest absolute Gasteiger partial charge is 0.496 e. The van der Waals surface area contributed by atoms with Crippen molar-refractivity contribution in [3.8, 4) is 11.1 Å². The maximum absolute atomic E-state index is 14.6. The summed E-state index contributed by atoms with van der Waals surface area (Å²) < 4.78 is 21.9. The number of nitrogens with zero attached hydrogens (tertiary/aromatic N) is 3. The third-order valence-electron chi connectivity index (χ3n) is 4.15. The van der Waals surface area contributed by atoms with Gasteiger partial charge in [0.1, 0.15) is 23.4 Å². The van der Waals surface area contributed by atoms with Crippen molar-refractivity contribution in [1.29, 1.82) is 0 Å². The third kappa shape index (κ3) is 4.23. The zero-order chi connectivity index (χ0) is 20.3. The lowest BCUT2D eigenvalue weighted by molar-refractivity contribution is 0.195. The van der Waals surface area contributed by atoms with Crippen molar-refractivity contribution in [2.75, 3.05) is 11.9 Å². The van der Waals surface area contributed by atoms with Gasteiger partial charge in [-0.3, -0.25) is 0 Å². The number of benzene rings is 1. The van der Waals surface area contributed by atoms with Crippen molar-refractivity contribution >= 4 is 34.7 Å². The summed E-state index contributed by atoms with van der Waals surface area (Å²) in [5.74, 6) is 0.723. The molecule has 0 aliphatic rings. The van der Waals surface area contributed by atoms with Crippen molar-refractivity contribution in [3.63, 3.8) is 0 Å². The number of fused-ring (bicyclic) bond motifs is 1. The Morgan fingerprint density at radius 2 is 2.11 bits per heavy atom. The minimum atomic E-state index is -0.494. The number of hydrogen-bond acceptors (Lipinski definition) is 4. The molecule has 1 aromatic carbocycles. The van der Waals surface area contributed by atoms with Gasteiger partial charge in [-0.1, -0.05) is 42.8 Å². The van der Waals surface area contributed by atoms with Gasteiger partial charge < -0.3 is 10.1 Å². The van der Waals surface area contributed by atoms with Crippen LogP contribution in [-0.2, 0) is 4.74 Å². The van der Waals surface area contributed by atoms with Crippen molar-refractivity contribution < 1.29 is 9.13 Å². The number of allylic oxidation sites excluding steroid dienone is 1. The molecular formula is C20H21Cl2FN4O. The van der Waals surface area contributed by atoms with Crippen LogP contribution in [0.5, 0.6) is 0 Å². The minimum Gasteiger partial charge on any atom is -0.496 e. The summed E-state index contributed by atoms with van der Waals surface area (Å²) in [6, 6.07) is 6.06. The van der Waals surface area contributed by atoms with Gasteiger partial charge in [0, 0.05) is 18.1 Å². The number of rotatable bonds is 8. The molecule has 2 heterocycles. The average molecular weight is 423 g/mol. The van der Waals surface area contributed by atoms with E-state index in [2.05, 4.69) is 28.9 Å². The maximum Gasteiger partial charge on any atom is 0.159 e. The fraction of sp³-hybridized carbons (Fsp3) is 0.300. The van der Waals surface area contributed by atoms with Gasteiger partial charge in [0.05, 0.1) is 28.6 Å². The van der Waals surface area contributed by atoms with Crippen molar-refractivity contribution in [2.24, 2.45) is 0 Å². The molecule has 0 radical (unpaired) electrons. The Bertz CT molecular complexity index is 985. The molecule has 1 unspecified atom stereocenters. The summed E-state index contributed by atoms with van der Waals surface area (Å²) in [7, 11) is 0. The monoisotopic (exact) mass is 422 g/mol. The van der Waals surface area contributed by atoms with Crippen LogP contribution in [-0.4, -0.2) is 27.2 Å². The van der Waals surface area contributed by atoms with Gasteiger partial charge in [0.2, 0.25) is 0 Å². The molecule has 0 bridgehead atoms. The Hall–Kier alpha value is -2.31. The van der Waals surface area contributed by atoms with E-state index < -0.39 is 5.82 Å². The van der Waals surface area contributed by atoms with Gasteiger partial charge in [0.15, 0.2) is 5.65 Å². The molecule has 0 amide bonds. The van der Waals surface area contributed by atoms with E-state index in [-0.39, 0.29) is 21.8 Å². The Morgan fingerprint density at radius 1 is 1.32 bits per heavy atom. The highest BCUT2D eigenvalue weighted by Crippen LogP contribution is 2.40. The van der Waals surface area contributed by atoms with Crippen molar-refractivity contribution in [3.05, 3.63) is 58.8 Å². The van der Waals surface area contributed by atoms with Crippen LogP contribution in [0.15, 0.2) is 42.8 Å². The van der Waals surface area contributed by atoms with Crippen LogP contribution in [0.4, 0.5) is 10.2 Å². The zero-order valence-electron chi connectivity index (χ0n) is 15.7. The first-order chi connectivity index (χ1) is 13.4. The van der Waals surface area contributed by atoms with E-state index in [4.69, 9.17) is 27.9 Å². The second kappa shape index (κ2) is 8.80. The second-order valence-electron chi connectivity index (χ2n) is 6.47. The SMILES string of the molecule is C=C(CCC)OCC(C)Nc1c(-c2c(F)cccc2Cl)c(Cl)nc2ccnn12. The normalized spacial score (nSPS) is 12.2. The van der Waals surface area contributed by atoms with Gasteiger partial charge in [-0.15, -0.1) is 0 Å². The van der Waals surface area contributed by atoms with E-state index in [1.807, 2.05) is 6.92 Å². The predicted molar refractivity (Wildman–Crippen MR) is 111 cm³/mol. The number of anilines is 1. The summed E-state index contributed by atoms with van der Waals surface area (Å²) in [5.41, 5.74) is 1.05. The van der Waals surface area contributed by atoms with Crippen LogP contribution < -0.4 is 5.32 Å². The Kier molecular flexibility index (Phi) is 6.42. The van der Waals surface area contributed by atoms with Crippen LogP contribution in [0.2, 0.25) is 10.2 Å². The van der Waals surface area contributed by atoms with Gasteiger partial charge >= 0.3 is 0 Å². The molecule has 0 aliphatic carbocycles. The lowest BCUT2D eigenvalue weighted by Crippen LogP contribution is -2.24. The Balaban J connectivity index is 2.03. The quantitative estimate of drug-likeness (QED) is 0.358. The zero-order valence-corrected chi connectivity index (χ0v) is 17.2. The van der Waals surface area contributed by atoms with E-state index in [0.29, 0.717) is 23.6 Å². The molecule has 0 saturated heterocycles. The highest BCUT2D eigenvalue weighted by molar-refractivity contribution is 6.36. The van der Waals surface area contributed by atoms with Crippen LogP contribution in [0.3, 0.4) is 0 Å². The molecule has 1 atom stereocenters. The van der Waals surface area contributed by atoms with Gasteiger partial charge in [-0.25, -0.2) is 9.37 Å². The highest BCUT2D eigenvalue weighted by Gasteiger charge is 2.23. The smallest absolute Gasteiger partial charge is 0.159 e. The van der Waals surface area contributed by atoms with Crippen LogP contribution in [0.1, 0.15) is 26.7 Å². The standard InChI is InChI=1S/C20H21Cl2FN4O/c1-4-6-13(3)28-11-12(2)25-20-18(17-14(21)7-5-8-15(17)23)19(22)26-16-9-10-24-27(16)20/h5,7-10,12,25H,3-4,6,11H2,1-2H3. The molecule has 28 heavy (non-hydrogen) atoms. The molecule has 0 fully saturated rings. The first kappa shape index (κ1) is 20.4. The molecule has 8 heteroatoms. The number of hydrogen-bond donors (Lipinski definition) is 1. The number of nitrogens with one attached hydrogen (secondary N) is 1. The molecule has 0 saturated carbocycles. The first-order valence-corrected chi connectivity index (χ1v) is 9.72. The van der Waals surface area contributed by atoms with E-state index in [1.54, 1.807) is 22.8 Å². The predicted octanol–water partition coefficient (Wildman–Crippen LogP) is 5.97. The topological polar surface area (TPSA) is 51.5 Å². The van der Waals surface area contributed by atoms with Gasteiger partial charge in [-0.05, 0) is 25.5 Å². The molecule has 5 nitrogen and oxygen atoms in total. The van der Waals surface area contributed by atoms with E-state index in [1.165, 1.54) is 12.1 Å². The summed E-state index contributed by atoms with van der Waals surface area (Å²) in [6.45, 7) is 8.29. The molecule has 148 valence electrons. The number of aromatic nitrogens is 3. The molecule has 0 spiro atoms. The lowest BCUT2D eigenvalue weighted by atomic mass is 10.1. The van der Waals surface area contributed by atoms with E-state index in [9.17, 15) is 4.39 Å². The van der Waals surface area contributed by atoms with Crippen LogP contribution in [0, 0.1) is 5.82 Å². The van der Waals surface area contributed by atoms with Crippen LogP contribution in [0.25, 0.3) is 16.8 Å². The molecular weight excluding hydrogens is 402 g/mol. The highest BCUT2D eigenvalue weighted by atomic mass is 35.5. The maximum atomic E-state index is 14.6. The third-order valence-corrected chi connectivity index (χ3v) is 4.74. The van der Waals surface area contributed by atoms with E-state index >= 15 is 0 Å². The molecule has 3 rings (SSSR count). The minimum absolute atomic E-state index is 0.131. The summed E-state index contributed by atoms with van der Waals surface area (Å²) in [6.07, 6.45) is 3.36. The molecule has 1 N–H and O–H groups in total. The summed E-state index contributed by atoms with van der Waals surface area (Å²) in [4.78, 5) is 4.32. The summed E-state index contributed by atoms with van der Waals surface area (Å²) in [5, 5.41) is 7.97. The van der Waals surface area contributed by atoms with E-state index in [0.717, 1.165) is 18.6 Å². The Labute approximate surface area is 173 Å². The van der Waals surface area contributed by atoms with Crippen molar-refractivity contribution in [2.45, 2.75) is 32.7 Å². The fourth-order valence-corrected chi connectivity index (χ4v) is 3.40. The lowest BCUT2D eigenvalue weighted by Gasteiger charge is -2.21. The van der Waals surface area contributed by atoms with Crippen molar-refractivity contribution in [1.82, 2.24) is 14.6 Å². The first-order valence-electron chi connectivity index (χ1n) is 8.97. The van der Waals surface area contributed by atoms with Gasteiger partial charge in [0.25, 0.3) is 0 Å². The van der Waals surface area contributed by atoms with Crippen LogP contribution >= 0.6 is 23.2 Å². The molecule has 2 aromatic heterocycles. The average Bonchev–Trinajstić information content (AvgIpc) is 3.10. The second-order valence-corrected chi connectivity index (χ2v) is 7.23. The Morgan fingerprint density at radius 3 is 2.82 bits per heavy atom. The number of halogens is 3.